The zero-order valence-electron chi connectivity index (χ0n) is 13.9. The normalized spacial score (nSPS) is 12.8. The van der Waals surface area contributed by atoms with Gasteiger partial charge in [0.05, 0.1) is 10.6 Å². The predicted molar refractivity (Wildman–Crippen MR) is 101 cm³/mol. The van der Waals surface area contributed by atoms with Crippen molar-refractivity contribution in [2.45, 2.75) is 42.2 Å². The highest BCUT2D eigenvalue weighted by atomic mass is 32.2. The smallest absolute Gasteiger partial charge is 0.304 e. The van der Waals surface area contributed by atoms with Gasteiger partial charge >= 0.3 is 5.97 Å². The summed E-state index contributed by atoms with van der Waals surface area (Å²) >= 11 is 3.26. The molecule has 0 aliphatic rings. The van der Waals surface area contributed by atoms with Gasteiger partial charge in [-0.05, 0) is 37.4 Å². The Morgan fingerprint density at radius 1 is 1.22 bits per heavy atom. The lowest BCUT2D eigenvalue weighted by Crippen LogP contribution is -2.23. The minimum absolute atomic E-state index is 0.154. The van der Waals surface area contributed by atoms with Crippen LogP contribution in [0.2, 0.25) is 0 Å². The molecule has 0 amide bonds. The number of hydrogen-bond acceptors (Lipinski definition) is 4. The van der Waals surface area contributed by atoms with Gasteiger partial charge in [0.15, 0.2) is 0 Å². The number of rotatable bonds is 7. The maximum atomic E-state index is 10.3. The lowest BCUT2D eigenvalue weighted by atomic mass is 10.1. The van der Waals surface area contributed by atoms with Crippen LogP contribution in [-0.4, -0.2) is 29.4 Å². The van der Waals surface area contributed by atoms with Crippen molar-refractivity contribution in [3.63, 3.8) is 0 Å². The van der Waals surface area contributed by atoms with Gasteiger partial charge in [-0.1, -0.05) is 43.3 Å². The summed E-state index contributed by atoms with van der Waals surface area (Å²) in [5.74, 6) is -0.730. The third kappa shape index (κ3) is 9.43. The first kappa shape index (κ1) is 19.7. The summed E-state index contributed by atoms with van der Waals surface area (Å²) in [6, 6.07) is 15.1. The quantitative estimate of drug-likeness (QED) is 0.719. The Kier molecular flexibility index (Phi) is 9.67. The lowest BCUT2D eigenvalue weighted by molar-refractivity contribution is -0.136. The SMILES string of the molecule is CN[C@@H](C)Cc1ccccc1.C[C@H](CC(=O)O)Sc1cccs1. The van der Waals surface area contributed by atoms with Gasteiger partial charge in [-0.3, -0.25) is 4.79 Å². The molecule has 2 atom stereocenters. The molecule has 0 unspecified atom stereocenters. The number of benzene rings is 1. The third-order valence-corrected chi connectivity index (χ3v) is 5.33. The molecule has 1 aromatic carbocycles. The maximum absolute atomic E-state index is 10.3. The molecule has 1 aromatic heterocycles. The second-order valence-electron chi connectivity index (χ2n) is 5.34. The largest absolute Gasteiger partial charge is 0.481 e. The minimum Gasteiger partial charge on any atom is -0.481 e. The molecule has 5 heteroatoms. The molecule has 2 aromatic rings. The van der Waals surface area contributed by atoms with Gasteiger partial charge in [0.2, 0.25) is 0 Å². The van der Waals surface area contributed by atoms with E-state index in [1.165, 1.54) is 9.77 Å². The Morgan fingerprint density at radius 3 is 2.43 bits per heavy atom. The second kappa shape index (κ2) is 11.3. The molecule has 0 spiro atoms. The van der Waals surface area contributed by atoms with Crippen LogP contribution >= 0.6 is 23.1 Å². The van der Waals surface area contributed by atoms with Crippen molar-refractivity contribution in [2.75, 3.05) is 7.05 Å². The summed E-state index contributed by atoms with van der Waals surface area (Å²) in [4.78, 5) is 10.3. The molecular weight excluding hydrogens is 326 g/mol. The number of thiophene rings is 1. The molecular formula is C18H25NO2S2. The van der Waals surface area contributed by atoms with Gasteiger partial charge < -0.3 is 10.4 Å². The highest BCUT2D eigenvalue weighted by Crippen LogP contribution is 2.28. The van der Waals surface area contributed by atoms with E-state index in [1.54, 1.807) is 23.1 Å². The highest BCUT2D eigenvalue weighted by Gasteiger charge is 2.09. The summed E-state index contributed by atoms with van der Waals surface area (Å²) in [5, 5.41) is 13.9. The third-order valence-electron chi connectivity index (χ3n) is 3.15. The molecule has 3 nitrogen and oxygen atoms in total. The maximum Gasteiger partial charge on any atom is 0.304 e. The number of thioether (sulfide) groups is 1. The van der Waals surface area contributed by atoms with Gasteiger partial charge in [-0.25, -0.2) is 0 Å². The molecule has 23 heavy (non-hydrogen) atoms. The molecule has 0 bridgehead atoms. The zero-order chi connectivity index (χ0) is 17.1. The van der Waals surface area contributed by atoms with Crippen molar-refractivity contribution in [1.82, 2.24) is 5.32 Å². The van der Waals surface area contributed by atoms with Crippen LogP contribution in [0.1, 0.15) is 25.8 Å². The Bertz CT molecular complexity index is 543. The first-order chi connectivity index (χ1) is 11.0. The standard InChI is InChI=1S/C10H15N.C8H10O2S2/c1-9(11-2)8-10-6-4-3-5-7-10;1-6(5-7(9)10)12-8-3-2-4-11-8/h3-7,9,11H,8H2,1-2H3;2-4,6H,5H2,1H3,(H,9,10)/t9-;6-/m01/s1. The van der Waals surface area contributed by atoms with Gasteiger partial charge in [-0.2, -0.15) is 0 Å². The summed E-state index contributed by atoms with van der Waals surface area (Å²) in [5.41, 5.74) is 1.40. The summed E-state index contributed by atoms with van der Waals surface area (Å²) in [6.45, 7) is 4.12. The number of carbonyl (C=O) groups is 1. The minimum atomic E-state index is -0.730. The van der Waals surface area contributed by atoms with Crippen molar-refractivity contribution in [1.29, 1.82) is 0 Å². The molecule has 126 valence electrons. The summed E-state index contributed by atoms with van der Waals surface area (Å²) in [6.07, 6.45) is 1.33. The first-order valence-electron chi connectivity index (χ1n) is 7.64. The van der Waals surface area contributed by atoms with Crippen LogP contribution in [-0.2, 0) is 11.2 Å². The number of carboxylic acid groups (broad SMARTS) is 1. The Morgan fingerprint density at radius 2 is 1.91 bits per heavy atom. The van der Waals surface area contributed by atoms with E-state index in [0.29, 0.717) is 6.04 Å². The zero-order valence-corrected chi connectivity index (χ0v) is 15.5. The summed E-state index contributed by atoms with van der Waals surface area (Å²) in [7, 11) is 1.99. The van der Waals surface area contributed by atoms with E-state index in [4.69, 9.17) is 5.11 Å². The van der Waals surface area contributed by atoms with Crippen LogP contribution in [0.5, 0.6) is 0 Å². The highest BCUT2D eigenvalue weighted by molar-refractivity contribution is 8.01. The van der Waals surface area contributed by atoms with Crippen LogP contribution in [0, 0.1) is 0 Å². The van der Waals surface area contributed by atoms with Crippen LogP contribution < -0.4 is 5.32 Å². The number of likely N-dealkylation sites (N-methyl/N-ethyl adjacent to an activating group) is 1. The van der Waals surface area contributed by atoms with E-state index < -0.39 is 5.97 Å². The van der Waals surface area contributed by atoms with Crippen molar-refractivity contribution < 1.29 is 9.90 Å². The van der Waals surface area contributed by atoms with E-state index >= 15 is 0 Å². The van der Waals surface area contributed by atoms with Crippen LogP contribution in [0.25, 0.3) is 0 Å². The molecule has 2 rings (SSSR count). The van der Waals surface area contributed by atoms with E-state index in [-0.39, 0.29) is 11.7 Å². The fraction of sp³-hybridized carbons (Fsp3) is 0.389. The van der Waals surface area contributed by atoms with Crippen LogP contribution in [0.15, 0.2) is 52.1 Å². The number of aliphatic carboxylic acids is 1. The van der Waals surface area contributed by atoms with Gasteiger partial charge in [0.25, 0.3) is 0 Å². The first-order valence-corrected chi connectivity index (χ1v) is 9.40. The second-order valence-corrected chi connectivity index (χ2v) is 8.02. The van der Waals surface area contributed by atoms with Crippen molar-refractivity contribution >= 4 is 29.1 Å². The monoisotopic (exact) mass is 351 g/mol. The summed E-state index contributed by atoms with van der Waals surface area (Å²) < 4.78 is 1.18. The molecule has 1 heterocycles. The Balaban J connectivity index is 0.000000231. The number of carboxylic acids is 1. The Hall–Kier alpha value is -1.30. The molecule has 0 saturated carbocycles. The predicted octanol–water partition coefficient (Wildman–Crippen LogP) is 4.54. The molecule has 0 radical (unpaired) electrons. The molecule has 2 N–H and O–H groups in total. The Labute approximate surface area is 147 Å². The van der Waals surface area contributed by atoms with Gasteiger partial charge in [0.1, 0.15) is 0 Å². The van der Waals surface area contributed by atoms with Crippen LogP contribution in [0.3, 0.4) is 0 Å². The van der Waals surface area contributed by atoms with E-state index in [1.807, 2.05) is 37.6 Å². The van der Waals surface area contributed by atoms with E-state index in [0.717, 1.165) is 6.42 Å². The van der Waals surface area contributed by atoms with Crippen molar-refractivity contribution in [3.8, 4) is 0 Å². The fourth-order valence-corrected chi connectivity index (χ4v) is 4.00. The fourth-order valence-electron chi connectivity index (χ4n) is 1.89. The van der Waals surface area contributed by atoms with Crippen LogP contribution in [0.4, 0.5) is 0 Å². The van der Waals surface area contributed by atoms with Crippen molar-refractivity contribution in [2.24, 2.45) is 0 Å². The average Bonchev–Trinajstić information content (AvgIpc) is 3.00. The van der Waals surface area contributed by atoms with Crippen molar-refractivity contribution in [3.05, 3.63) is 53.4 Å². The van der Waals surface area contributed by atoms with Gasteiger partial charge in [0, 0.05) is 11.3 Å². The average molecular weight is 352 g/mol. The van der Waals surface area contributed by atoms with Gasteiger partial charge in [-0.15, -0.1) is 23.1 Å². The molecule has 0 aliphatic heterocycles. The van der Waals surface area contributed by atoms with E-state index in [2.05, 4.69) is 36.5 Å². The molecule has 0 fully saturated rings. The molecule has 0 aliphatic carbocycles. The topological polar surface area (TPSA) is 49.3 Å². The lowest BCUT2D eigenvalue weighted by Gasteiger charge is -2.08. The molecule has 0 saturated heterocycles. The van der Waals surface area contributed by atoms with E-state index in [9.17, 15) is 4.79 Å². The number of hydrogen-bond donors (Lipinski definition) is 2. The number of nitrogens with one attached hydrogen (secondary N) is 1.